The second-order valence-corrected chi connectivity index (χ2v) is 4.50. The molecular weight excluding hydrogens is 273 g/mol. The molecule has 0 saturated heterocycles. The highest BCUT2D eigenvalue weighted by atomic mass is 19.1. The fourth-order valence-corrected chi connectivity index (χ4v) is 2.00. The van der Waals surface area contributed by atoms with Gasteiger partial charge in [0.05, 0.1) is 20.1 Å². The molecule has 0 aromatic heterocycles. The number of rotatable bonds is 5. The summed E-state index contributed by atoms with van der Waals surface area (Å²) in [6.45, 7) is -0.194. The first-order valence-electron chi connectivity index (χ1n) is 6.45. The Kier molecular flexibility index (Phi) is 4.90. The molecule has 110 valence electrons. The van der Waals surface area contributed by atoms with E-state index in [2.05, 4.69) is 5.32 Å². The van der Waals surface area contributed by atoms with Crippen LogP contribution in [0.5, 0.6) is 5.75 Å². The predicted octanol–water partition coefficient (Wildman–Crippen LogP) is 2.51. The van der Waals surface area contributed by atoms with E-state index in [1.807, 2.05) is 0 Å². The highest BCUT2D eigenvalue weighted by Gasteiger charge is 2.09. The first-order chi connectivity index (χ1) is 10.1. The number of aliphatic hydroxyl groups excluding tert-OH is 1. The molecule has 2 aromatic rings. The van der Waals surface area contributed by atoms with Crippen LogP contribution in [0.2, 0.25) is 0 Å². The minimum atomic E-state index is -0.404. The first-order valence-corrected chi connectivity index (χ1v) is 6.45. The minimum absolute atomic E-state index is 0.0485. The van der Waals surface area contributed by atoms with E-state index in [9.17, 15) is 14.3 Å². The third kappa shape index (κ3) is 3.79. The van der Waals surface area contributed by atoms with Gasteiger partial charge in [-0.05, 0) is 29.8 Å². The molecule has 0 fully saturated rings. The van der Waals surface area contributed by atoms with Gasteiger partial charge in [0.25, 0.3) is 0 Å². The molecule has 0 radical (unpaired) electrons. The molecule has 2 N–H and O–H groups in total. The van der Waals surface area contributed by atoms with Crippen LogP contribution in [0.4, 0.5) is 10.1 Å². The molecule has 0 unspecified atom stereocenters. The van der Waals surface area contributed by atoms with Gasteiger partial charge in [-0.2, -0.15) is 0 Å². The number of methoxy groups -OCH3 is 1. The molecule has 0 aliphatic rings. The lowest BCUT2D eigenvalue weighted by Crippen LogP contribution is -2.15. The summed E-state index contributed by atoms with van der Waals surface area (Å²) in [5, 5.41) is 11.9. The molecular formula is C16H16FNO3. The van der Waals surface area contributed by atoms with Gasteiger partial charge in [-0.3, -0.25) is 4.79 Å². The summed E-state index contributed by atoms with van der Waals surface area (Å²) >= 11 is 0. The van der Waals surface area contributed by atoms with E-state index in [1.54, 1.807) is 36.4 Å². The molecule has 0 spiro atoms. The van der Waals surface area contributed by atoms with Crippen LogP contribution in [0.15, 0.2) is 42.5 Å². The van der Waals surface area contributed by atoms with Gasteiger partial charge < -0.3 is 15.2 Å². The fraction of sp³-hybridized carbons (Fsp3) is 0.188. The Morgan fingerprint density at radius 3 is 2.67 bits per heavy atom. The van der Waals surface area contributed by atoms with Crippen LogP contribution < -0.4 is 10.1 Å². The molecule has 5 heteroatoms. The summed E-state index contributed by atoms with van der Waals surface area (Å²) in [4.78, 5) is 11.9. The molecule has 0 bridgehead atoms. The van der Waals surface area contributed by atoms with E-state index in [0.29, 0.717) is 22.6 Å². The molecule has 0 heterocycles. The number of benzene rings is 2. The summed E-state index contributed by atoms with van der Waals surface area (Å²) in [7, 11) is 1.50. The number of carbonyl (C=O) groups excluding carboxylic acids is 1. The van der Waals surface area contributed by atoms with E-state index in [0.717, 1.165) is 0 Å². The Balaban J connectivity index is 2.08. The lowest BCUT2D eigenvalue weighted by atomic mass is 10.1. The van der Waals surface area contributed by atoms with E-state index < -0.39 is 5.82 Å². The van der Waals surface area contributed by atoms with Gasteiger partial charge in [0, 0.05) is 11.3 Å². The van der Waals surface area contributed by atoms with Crippen molar-refractivity contribution < 1.29 is 19.0 Å². The highest BCUT2D eigenvalue weighted by molar-refractivity contribution is 5.92. The average Bonchev–Trinajstić information content (AvgIpc) is 2.49. The Morgan fingerprint density at radius 2 is 2.00 bits per heavy atom. The number of nitrogens with one attached hydrogen (secondary N) is 1. The van der Waals surface area contributed by atoms with Crippen molar-refractivity contribution in [3.63, 3.8) is 0 Å². The minimum Gasteiger partial charge on any atom is -0.496 e. The number of amides is 1. The number of hydrogen-bond donors (Lipinski definition) is 2. The lowest BCUT2D eigenvalue weighted by molar-refractivity contribution is -0.115. The Hall–Kier alpha value is -2.40. The quantitative estimate of drug-likeness (QED) is 0.889. The Morgan fingerprint density at radius 1 is 1.24 bits per heavy atom. The third-order valence-electron chi connectivity index (χ3n) is 3.04. The topological polar surface area (TPSA) is 58.6 Å². The maximum atomic E-state index is 13.5. The monoisotopic (exact) mass is 289 g/mol. The van der Waals surface area contributed by atoms with Crippen LogP contribution in [0.25, 0.3) is 0 Å². The molecule has 0 aliphatic heterocycles. The second kappa shape index (κ2) is 6.85. The van der Waals surface area contributed by atoms with Gasteiger partial charge in [-0.1, -0.05) is 18.2 Å². The van der Waals surface area contributed by atoms with E-state index in [1.165, 1.54) is 13.2 Å². The number of aliphatic hydroxyl groups is 1. The maximum Gasteiger partial charge on any atom is 0.228 e. The van der Waals surface area contributed by atoms with Crippen LogP contribution in [-0.4, -0.2) is 18.1 Å². The standard InChI is InChI=1S/C16H16FNO3/c1-21-15-7-6-13(8-12(15)10-19)18-16(20)9-11-4-2-3-5-14(11)17/h2-8,19H,9-10H2,1H3,(H,18,20). The van der Waals surface area contributed by atoms with Crippen molar-refractivity contribution >= 4 is 11.6 Å². The summed E-state index contributed by atoms with van der Waals surface area (Å²) in [5.74, 6) is -0.183. The van der Waals surface area contributed by atoms with Crippen molar-refractivity contribution in [2.75, 3.05) is 12.4 Å². The molecule has 2 aromatic carbocycles. The van der Waals surface area contributed by atoms with Gasteiger partial charge in [0.2, 0.25) is 5.91 Å². The zero-order valence-electron chi connectivity index (χ0n) is 11.6. The Bertz CT molecular complexity index is 643. The van der Waals surface area contributed by atoms with Crippen molar-refractivity contribution in [2.45, 2.75) is 13.0 Å². The van der Waals surface area contributed by atoms with Gasteiger partial charge in [0.1, 0.15) is 11.6 Å². The van der Waals surface area contributed by atoms with Crippen molar-refractivity contribution in [1.29, 1.82) is 0 Å². The van der Waals surface area contributed by atoms with Crippen molar-refractivity contribution in [3.8, 4) is 5.75 Å². The number of ether oxygens (including phenoxy) is 1. The maximum absolute atomic E-state index is 13.5. The molecule has 0 aliphatic carbocycles. The smallest absolute Gasteiger partial charge is 0.228 e. The number of hydrogen-bond acceptors (Lipinski definition) is 3. The number of halogens is 1. The van der Waals surface area contributed by atoms with Gasteiger partial charge in [-0.15, -0.1) is 0 Å². The zero-order chi connectivity index (χ0) is 15.2. The van der Waals surface area contributed by atoms with Crippen molar-refractivity contribution in [2.24, 2.45) is 0 Å². The molecule has 0 atom stereocenters. The van der Waals surface area contributed by atoms with E-state index >= 15 is 0 Å². The fourth-order valence-electron chi connectivity index (χ4n) is 2.00. The zero-order valence-corrected chi connectivity index (χ0v) is 11.6. The van der Waals surface area contributed by atoms with Crippen LogP contribution in [-0.2, 0) is 17.8 Å². The van der Waals surface area contributed by atoms with Crippen molar-refractivity contribution in [3.05, 3.63) is 59.4 Å². The van der Waals surface area contributed by atoms with Crippen LogP contribution in [0.3, 0.4) is 0 Å². The normalized spacial score (nSPS) is 10.2. The summed E-state index contributed by atoms with van der Waals surface area (Å²) in [6.07, 6.45) is -0.0485. The van der Waals surface area contributed by atoms with Gasteiger partial charge in [-0.25, -0.2) is 4.39 Å². The van der Waals surface area contributed by atoms with Crippen LogP contribution in [0, 0.1) is 5.82 Å². The number of carbonyl (C=O) groups is 1. The van der Waals surface area contributed by atoms with Gasteiger partial charge in [0.15, 0.2) is 0 Å². The predicted molar refractivity (Wildman–Crippen MR) is 77.7 cm³/mol. The lowest BCUT2D eigenvalue weighted by Gasteiger charge is -2.10. The molecule has 2 rings (SSSR count). The van der Waals surface area contributed by atoms with E-state index in [-0.39, 0.29) is 18.9 Å². The van der Waals surface area contributed by atoms with Crippen molar-refractivity contribution in [1.82, 2.24) is 0 Å². The summed E-state index contributed by atoms with van der Waals surface area (Å²) < 4.78 is 18.6. The highest BCUT2D eigenvalue weighted by Crippen LogP contribution is 2.22. The molecule has 1 amide bonds. The Labute approximate surface area is 122 Å². The second-order valence-electron chi connectivity index (χ2n) is 4.50. The largest absolute Gasteiger partial charge is 0.496 e. The summed E-state index contributed by atoms with van der Waals surface area (Å²) in [5.41, 5.74) is 1.44. The first kappa shape index (κ1) is 15.0. The van der Waals surface area contributed by atoms with E-state index in [4.69, 9.17) is 4.74 Å². The SMILES string of the molecule is COc1ccc(NC(=O)Cc2ccccc2F)cc1CO. The molecule has 21 heavy (non-hydrogen) atoms. The third-order valence-corrected chi connectivity index (χ3v) is 3.04. The van der Waals surface area contributed by atoms with Crippen LogP contribution >= 0.6 is 0 Å². The molecule has 4 nitrogen and oxygen atoms in total. The average molecular weight is 289 g/mol. The van der Waals surface area contributed by atoms with Crippen LogP contribution in [0.1, 0.15) is 11.1 Å². The number of anilines is 1. The summed E-state index contributed by atoms with van der Waals surface area (Å²) in [6, 6.07) is 11.1. The molecule has 0 saturated carbocycles. The van der Waals surface area contributed by atoms with Gasteiger partial charge >= 0.3 is 0 Å².